The zero-order valence-corrected chi connectivity index (χ0v) is 12.8. The predicted molar refractivity (Wildman–Crippen MR) is 81.3 cm³/mol. The Labute approximate surface area is 123 Å². The molecule has 1 aliphatic heterocycles. The summed E-state index contributed by atoms with van der Waals surface area (Å²) in [5, 5.41) is 0.727. The second kappa shape index (κ2) is 5.82. The molecule has 2 aliphatic rings. The van der Waals surface area contributed by atoms with E-state index in [1.807, 2.05) is 6.07 Å². The van der Waals surface area contributed by atoms with Crippen molar-refractivity contribution in [3.8, 4) is 0 Å². The van der Waals surface area contributed by atoms with Crippen molar-refractivity contribution in [2.45, 2.75) is 37.4 Å². The van der Waals surface area contributed by atoms with Crippen LogP contribution < -0.4 is 4.90 Å². The van der Waals surface area contributed by atoms with E-state index in [4.69, 9.17) is 0 Å². The molecule has 1 aromatic carbocycles. The Kier molecular flexibility index (Phi) is 4.11. The molecule has 0 bridgehead atoms. The standard InChI is InChI=1S/C16H21BrFN/c17-10-14-9-15(18)5-6-16(14)19-8-7-12-3-1-2-4-13(12)11-19/h5-6,9,12-13H,1-4,7-8,10-11H2. The van der Waals surface area contributed by atoms with E-state index < -0.39 is 0 Å². The molecule has 1 aromatic rings. The molecule has 0 N–H and O–H groups in total. The van der Waals surface area contributed by atoms with Gasteiger partial charge < -0.3 is 4.90 Å². The lowest BCUT2D eigenvalue weighted by Gasteiger charge is -2.42. The molecule has 3 rings (SSSR count). The molecule has 0 amide bonds. The first-order valence-corrected chi connectivity index (χ1v) is 8.49. The Bertz CT molecular complexity index is 448. The minimum absolute atomic E-state index is 0.134. The highest BCUT2D eigenvalue weighted by Crippen LogP contribution is 2.38. The fraction of sp³-hybridized carbons (Fsp3) is 0.625. The number of hydrogen-bond acceptors (Lipinski definition) is 1. The molecule has 2 fully saturated rings. The van der Waals surface area contributed by atoms with Crippen LogP contribution in [0.5, 0.6) is 0 Å². The van der Waals surface area contributed by atoms with E-state index in [9.17, 15) is 4.39 Å². The fourth-order valence-corrected chi connectivity index (χ4v) is 4.24. The quantitative estimate of drug-likeness (QED) is 0.710. The van der Waals surface area contributed by atoms with Crippen molar-refractivity contribution in [2.75, 3.05) is 18.0 Å². The van der Waals surface area contributed by atoms with E-state index in [0.29, 0.717) is 0 Å². The fourth-order valence-electron chi connectivity index (χ4n) is 3.79. The number of alkyl halides is 1. The lowest BCUT2D eigenvalue weighted by Crippen LogP contribution is -2.42. The summed E-state index contributed by atoms with van der Waals surface area (Å²) in [7, 11) is 0. The van der Waals surface area contributed by atoms with Crippen LogP contribution in [0.1, 0.15) is 37.7 Å². The van der Waals surface area contributed by atoms with Gasteiger partial charge in [-0.2, -0.15) is 0 Å². The Hall–Kier alpha value is -0.570. The van der Waals surface area contributed by atoms with Gasteiger partial charge in [-0.3, -0.25) is 0 Å². The van der Waals surface area contributed by atoms with Gasteiger partial charge in [-0.25, -0.2) is 4.39 Å². The number of nitrogens with zero attached hydrogens (tertiary/aromatic N) is 1. The van der Waals surface area contributed by atoms with Crippen LogP contribution in [0.4, 0.5) is 10.1 Å². The van der Waals surface area contributed by atoms with Gasteiger partial charge >= 0.3 is 0 Å². The summed E-state index contributed by atoms with van der Waals surface area (Å²) in [6.07, 6.45) is 6.93. The van der Waals surface area contributed by atoms with Crippen molar-refractivity contribution < 1.29 is 4.39 Å². The van der Waals surface area contributed by atoms with Crippen molar-refractivity contribution in [1.29, 1.82) is 0 Å². The predicted octanol–water partition coefficient (Wildman–Crippen LogP) is 4.74. The van der Waals surface area contributed by atoms with Crippen molar-refractivity contribution in [3.63, 3.8) is 0 Å². The summed E-state index contributed by atoms with van der Waals surface area (Å²) in [5.74, 6) is 1.67. The molecule has 3 heteroatoms. The van der Waals surface area contributed by atoms with Crippen LogP contribution in [0.2, 0.25) is 0 Å². The van der Waals surface area contributed by atoms with E-state index >= 15 is 0 Å². The molecule has 1 saturated heterocycles. The third-order valence-corrected chi connectivity index (χ3v) is 5.42. The SMILES string of the molecule is Fc1ccc(N2CCC3CCCCC3C2)c(CBr)c1. The van der Waals surface area contributed by atoms with Crippen LogP contribution in [0, 0.1) is 17.7 Å². The molecule has 1 nitrogen and oxygen atoms in total. The van der Waals surface area contributed by atoms with Crippen LogP contribution in [0.15, 0.2) is 18.2 Å². The monoisotopic (exact) mass is 325 g/mol. The average Bonchev–Trinajstić information content (AvgIpc) is 2.46. The molecule has 0 spiro atoms. The normalized spacial score (nSPS) is 27.2. The average molecular weight is 326 g/mol. The van der Waals surface area contributed by atoms with Gasteiger partial charge in [0.1, 0.15) is 5.82 Å². The number of anilines is 1. The number of halogens is 2. The van der Waals surface area contributed by atoms with Crippen molar-refractivity contribution >= 4 is 21.6 Å². The summed E-state index contributed by atoms with van der Waals surface area (Å²) in [5.41, 5.74) is 2.30. The Balaban J connectivity index is 1.79. The van der Waals surface area contributed by atoms with E-state index in [-0.39, 0.29) is 5.82 Å². The maximum Gasteiger partial charge on any atom is 0.123 e. The number of fused-ring (bicyclic) bond motifs is 1. The van der Waals surface area contributed by atoms with Gasteiger partial charge in [-0.15, -0.1) is 0 Å². The third kappa shape index (κ3) is 2.81. The topological polar surface area (TPSA) is 3.24 Å². The maximum atomic E-state index is 13.3. The molecule has 104 valence electrons. The van der Waals surface area contributed by atoms with E-state index in [0.717, 1.165) is 35.8 Å². The highest BCUT2D eigenvalue weighted by molar-refractivity contribution is 9.08. The smallest absolute Gasteiger partial charge is 0.123 e. The molecule has 1 heterocycles. The molecular weight excluding hydrogens is 305 g/mol. The summed E-state index contributed by atoms with van der Waals surface area (Å²) < 4.78 is 13.3. The number of piperidine rings is 1. The molecule has 2 atom stereocenters. The maximum absolute atomic E-state index is 13.3. The summed E-state index contributed by atoms with van der Waals surface area (Å²) >= 11 is 3.48. The van der Waals surface area contributed by atoms with Gasteiger partial charge in [0, 0.05) is 24.1 Å². The molecule has 2 unspecified atom stereocenters. The van der Waals surface area contributed by atoms with Crippen LogP contribution in [-0.4, -0.2) is 13.1 Å². The van der Waals surface area contributed by atoms with Crippen LogP contribution in [-0.2, 0) is 5.33 Å². The molecule has 0 radical (unpaired) electrons. The third-order valence-electron chi connectivity index (χ3n) is 4.82. The first-order chi connectivity index (χ1) is 9.28. The van der Waals surface area contributed by atoms with Crippen molar-refractivity contribution in [1.82, 2.24) is 0 Å². The zero-order valence-electron chi connectivity index (χ0n) is 11.2. The number of hydrogen-bond donors (Lipinski definition) is 0. The summed E-state index contributed by atoms with van der Waals surface area (Å²) in [6.45, 7) is 2.29. The van der Waals surface area contributed by atoms with Gasteiger partial charge in [0.15, 0.2) is 0 Å². The van der Waals surface area contributed by atoms with E-state index in [1.54, 1.807) is 12.1 Å². The molecule has 0 aromatic heterocycles. The molecule has 1 saturated carbocycles. The second-order valence-electron chi connectivity index (χ2n) is 5.95. The highest BCUT2D eigenvalue weighted by Gasteiger charge is 2.31. The van der Waals surface area contributed by atoms with E-state index in [2.05, 4.69) is 20.8 Å². The second-order valence-corrected chi connectivity index (χ2v) is 6.51. The number of rotatable bonds is 2. The zero-order chi connectivity index (χ0) is 13.2. The van der Waals surface area contributed by atoms with Crippen LogP contribution in [0.3, 0.4) is 0 Å². The Morgan fingerprint density at radius 2 is 1.95 bits per heavy atom. The Morgan fingerprint density at radius 1 is 1.16 bits per heavy atom. The first-order valence-electron chi connectivity index (χ1n) is 7.37. The molecule has 19 heavy (non-hydrogen) atoms. The highest BCUT2D eigenvalue weighted by atomic mass is 79.9. The van der Waals surface area contributed by atoms with Gasteiger partial charge in [-0.1, -0.05) is 35.2 Å². The van der Waals surface area contributed by atoms with Gasteiger partial charge in [0.2, 0.25) is 0 Å². The summed E-state index contributed by atoms with van der Waals surface area (Å²) in [6, 6.07) is 5.21. The minimum atomic E-state index is -0.134. The molecular formula is C16H21BrFN. The largest absolute Gasteiger partial charge is 0.371 e. The lowest BCUT2D eigenvalue weighted by molar-refractivity contribution is 0.202. The first kappa shape index (κ1) is 13.4. The van der Waals surface area contributed by atoms with Crippen molar-refractivity contribution in [3.05, 3.63) is 29.6 Å². The van der Waals surface area contributed by atoms with Gasteiger partial charge in [-0.05, 0) is 48.4 Å². The minimum Gasteiger partial charge on any atom is -0.371 e. The summed E-state index contributed by atoms with van der Waals surface area (Å²) in [4.78, 5) is 2.47. The van der Waals surface area contributed by atoms with E-state index in [1.165, 1.54) is 37.8 Å². The Morgan fingerprint density at radius 3 is 2.74 bits per heavy atom. The van der Waals surface area contributed by atoms with Crippen LogP contribution >= 0.6 is 15.9 Å². The van der Waals surface area contributed by atoms with Gasteiger partial charge in [0.05, 0.1) is 0 Å². The van der Waals surface area contributed by atoms with Crippen molar-refractivity contribution in [2.24, 2.45) is 11.8 Å². The molecule has 1 aliphatic carbocycles. The number of benzene rings is 1. The lowest BCUT2D eigenvalue weighted by atomic mass is 9.75. The van der Waals surface area contributed by atoms with Gasteiger partial charge in [0.25, 0.3) is 0 Å². The van der Waals surface area contributed by atoms with Crippen LogP contribution in [0.25, 0.3) is 0 Å².